The van der Waals surface area contributed by atoms with Crippen LogP contribution in [0, 0.1) is 11.8 Å². The Morgan fingerprint density at radius 2 is 2.14 bits per heavy atom. The fourth-order valence-corrected chi connectivity index (χ4v) is 4.16. The highest BCUT2D eigenvalue weighted by Gasteiger charge is 2.44. The van der Waals surface area contributed by atoms with Crippen LogP contribution < -0.4 is 16.0 Å². The fraction of sp³-hybridized carbons (Fsp3) is 0.550. The highest BCUT2D eigenvalue weighted by molar-refractivity contribution is 5.98. The van der Waals surface area contributed by atoms with Crippen LogP contribution in [-0.2, 0) is 14.3 Å². The van der Waals surface area contributed by atoms with E-state index in [1.54, 1.807) is 26.6 Å². The van der Waals surface area contributed by atoms with Gasteiger partial charge in [-0.3, -0.25) is 25.4 Å². The summed E-state index contributed by atoms with van der Waals surface area (Å²) in [6.07, 6.45) is 7.76. The van der Waals surface area contributed by atoms with Gasteiger partial charge in [-0.05, 0) is 19.1 Å². The molecule has 0 aromatic heterocycles. The van der Waals surface area contributed by atoms with Crippen molar-refractivity contribution in [1.82, 2.24) is 20.9 Å². The van der Waals surface area contributed by atoms with Gasteiger partial charge in [-0.25, -0.2) is 0 Å². The minimum absolute atomic E-state index is 0.0465. The molecule has 2 saturated heterocycles. The summed E-state index contributed by atoms with van der Waals surface area (Å²) in [7, 11) is 3.29. The van der Waals surface area contributed by atoms with Crippen molar-refractivity contribution in [2.75, 3.05) is 34.0 Å². The van der Waals surface area contributed by atoms with Crippen LogP contribution in [-0.4, -0.2) is 68.5 Å². The number of hydrogen-bond donors (Lipinski definition) is 3. The van der Waals surface area contributed by atoms with Crippen LogP contribution in [0.15, 0.2) is 46.1 Å². The van der Waals surface area contributed by atoms with E-state index in [0.717, 1.165) is 18.0 Å². The second kappa shape index (κ2) is 8.48. The van der Waals surface area contributed by atoms with E-state index in [-0.39, 0.29) is 36.7 Å². The SMILES string of the molecule is COC1=C2C/C(=N\C3NCNC4NCC(C(C)=N/C=C/N(C)C(=O)CO2)C34)C=C1. The van der Waals surface area contributed by atoms with Gasteiger partial charge in [0.2, 0.25) is 0 Å². The Hall–Kier alpha value is -2.49. The first-order valence-electron chi connectivity index (χ1n) is 9.88. The number of nitrogens with zero attached hydrogens (tertiary/aromatic N) is 3. The van der Waals surface area contributed by atoms with Gasteiger partial charge in [0.15, 0.2) is 12.4 Å². The van der Waals surface area contributed by atoms with Crippen molar-refractivity contribution in [3.05, 3.63) is 36.1 Å². The molecular weight excluding hydrogens is 372 g/mol. The number of nitrogens with one attached hydrogen (secondary N) is 3. The predicted molar refractivity (Wildman–Crippen MR) is 110 cm³/mol. The maximum absolute atomic E-state index is 12.4. The van der Waals surface area contributed by atoms with Gasteiger partial charge in [-0.15, -0.1) is 0 Å². The van der Waals surface area contributed by atoms with Crippen molar-refractivity contribution in [2.24, 2.45) is 21.8 Å². The third kappa shape index (κ3) is 4.12. The zero-order chi connectivity index (χ0) is 20.4. The number of ether oxygens (including phenoxy) is 2. The molecular formula is C20H28N6O3. The lowest BCUT2D eigenvalue weighted by molar-refractivity contribution is -0.131. The Morgan fingerprint density at radius 3 is 2.97 bits per heavy atom. The highest BCUT2D eigenvalue weighted by Crippen LogP contribution is 2.30. The molecule has 4 atom stereocenters. The van der Waals surface area contributed by atoms with E-state index < -0.39 is 0 Å². The summed E-state index contributed by atoms with van der Waals surface area (Å²) in [5, 5.41) is 10.5. The number of rotatable bonds is 1. The van der Waals surface area contributed by atoms with Crippen molar-refractivity contribution in [3.63, 3.8) is 0 Å². The van der Waals surface area contributed by atoms with E-state index in [2.05, 4.69) is 20.9 Å². The summed E-state index contributed by atoms with van der Waals surface area (Å²) >= 11 is 0. The Morgan fingerprint density at radius 1 is 1.28 bits per heavy atom. The zero-order valence-electron chi connectivity index (χ0n) is 17.0. The zero-order valence-corrected chi connectivity index (χ0v) is 17.0. The molecule has 3 heterocycles. The molecule has 156 valence electrons. The predicted octanol–water partition coefficient (Wildman–Crippen LogP) is 0.304. The van der Waals surface area contributed by atoms with Gasteiger partial charge in [0.25, 0.3) is 5.91 Å². The van der Waals surface area contributed by atoms with Crippen LogP contribution in [0.5, 0.6) is 0 Å². The molecule has 3 N–H and O–H groups in total. The van der Waals surface area contributed by atoms with Gasteiger partial charge in [0.1, 0.15) is 11.9 Å². The summed E-state index contributed by atoms with van der Waals surface area (Å²) < 4.78 is 11.2. The summed E-state index contributed by atoms with van der Waals surface area (Å²) in [5.74, 6) is 1.53. The van der Waals surface area contributed by atoms with Crippen molar-refractivity contribution < 1.29 is 14.3 Å². The second-order valence-electron chi connectivity index (χ2n) is 7.58. The van der Waals surface area contributed by atoms with Gasteiger partial charge >= 0.3 is 0 Å². The van der Waals surface area contributed by atoms with Crippen molar-refractivity contribution in [3.8, 4) is 0 Å². The number of amides is 1. The molecule has 0 spiro atoms. The fourth-order valence-electron chi connectivity index (χ4n) is 4.16. The Balaban J connectivity index is 1.70. The Bertz CT molecular complexity index is 815. The topological polar surface area (TPSA) is 99.6 Å². The number of hydrogen-bond acceptors (Lipinski definition) is 8. The smallest absolute Gasteiger partial charge is 0.264 e. The molecule has 0 aromatic rings. The minimum atomic E-state index is -0.165. The van der Waals surface area contributed by atoms with Crippen LogP contribution in [0.3, 0.4) is 0 Å². The molecule has 29 heavy (non-hydrogen) atoms. The third-order valence-electron chi connectivity index (χ3n) is 5.84. The molecule has 0 saturated carbocycles. The van der Waals surface area contributed by atoms with E-state index in [0.29, 0.717) is 24.6 Å². The molecule has 4 rings (SSSR count). The number of carbonyl (C=O) groups is 1. The summed E-state index contributed by atoms with van der Waals surface area (Å²) in [6, 6.07) is 0. The quantitative estimate of drug-likeness (QED) is 0.586. The molecule has 2 bridgehead atoms. The maximum atomic E-state index is 12.4. The Kier molecular flexibility index (Phi) is 5.79. The van der Waals surface area contributed by atoms with Gasteiger partial charge in [-0.2, -0.15) is 0 Å². The number of carbonyl (C=O) groups excluding carboxylic acids is 1. The molecule has 2 fully saturated rings. The molecule has 9 nitrogen and oxygen atoms in total. The number of methoxy groups -OCH3 is 1. The first-order chi connectivity index (χ1) is 14.1. The van der Waals surface area contributed by atoms with E-state index in [4.69, 9.17) is 14.5 Å². The molecule has 4 unspecified atom stereocenters. The van der Waals surface area contributed by atoms with Gasteiger partial charge in [0.05, 0.1) is 19.7 Å². The monoisotopic (exact) mass is 400 g/mol. The summed E-state index contributed by atoms with van der Waals surface area (Å²) in [6.45, 7) is 3.48. The highest BCUT2D eigenvalue weighted by atomic mass is 16.5. The van der Waals surface area contributed by atoms with E-state index in [9.17, 15) is 4.79 Å². The number of fused-ring (bicyclic) bond motifs is 2. The average Bonchev–Trinajstić information content (AvgIpc) is 3.16. The van der Waals surface area contributed by atoms with Crippen molar-refractivity contribution in [1.29, 1.82) is 0 Å². The van der Waals surface area contributed by atoms with E-state index >= 15 is 0 Å². The summed E-state index contributed by atoms with van der Waals surface area (Å²) in [4.78, 5) is 23.5. The lowest BCUT2D eigenvalue weighted by Gasteiger charge is -2.36. The largest absolute Gasteiger partial charge is 0.493 e. The third-order valence-corrected chi connectivity index (χ3v) is 5.84. The van der Waals surface area contributed by atoms with E-state index in [1.807, 2.05) is 19.1 Å². The first kappa shape index (κ1) is 19.8. The molecule has 3 aliphatic heterocycles. The van der Waals surface area contributed by atoms with Gasteiger partial charge < -0.3 is 19.7 Å². The van der Waals surface area contributed by atoms with Crippen LogP contribution in [0.1, 0.15) is 13.3 Å². The maximum Gasteiger partial charge on any atom is 0.264 e. The second-order valence-corrected chi connectivity index (χ2v) is 7.58. The van der Waals surface area contributed by atoms with Crippen molar-refractivity contribution >= 4 is 17.3 Å². The lowest BCUT2D eigenvalue weighted by Crippen LogP contribution is -2.59. The number of likely N-dealkylation sites (N-methyl/N-ethyl adjacent to an activating group) is 1. The normalized spacial score (nSPS) is 35.6. The average molecular weight is 400 g/mol. The van der Waals surface area contributed by atoms with Crippen LogP contribution in [0.25, 0.3) is 0 Å². The molecule has 0 aromatic carbocycles. The molecule has 1 aliphatic carbocycles. The van der Waals surface area contributed by atoms with Gasteiger partial charge in [0, 0.05) is 55.9 Å². The van der Waals surface area contributed by atoms with Gasteiger partial charge in [-0.1, -0.05) is 0 Å². The first-order valence-corrected chi connectivity index (χ1v) is 9.88. The molecule has 1 amide bonds. The number of aliphatic imine (C=N–C) groups is 2. The van der Waals surface area contributed by atoms with Crippen LogP contribution >= 0.6 is 0 Å². The van der Waals surface area contributed by atoms with Crippen molar-refractivity contribution in [2.45, 2.75) is 25.7 Å². The molecule has 4 aliphatic rings. The lowest BCUT2D eigenvalue weighted by atomic mass is 9.86. The molecule has 9 heteroatoms. The molecule has 0 radical (unpaired) electrons. The standard InChI is InChI=1S/C20H28N6O3/c1-12-14-9-22-19-18(14)20(24-11-23-19)25-13-4-5-15(28-3)16(8-13)29-10-17(27)26(2)7-6-21-12/h4-7,14,18-20,22-24H,8-11H2,1-3H3/b7-6+,21-12?,25-13-. The van der Waals surface area contributed by atoms with E-state index in [1.165, 1.54) is 4.90 Å². The van der Waals surface area contributed by atoms with Crippen LogP contribution in [0.2, 0.25) is 0 Å². The number of allylic oxidation sites excluding steroid dienone is 3. The van der Waals surface area contributed by atoms with Crippen LogP contribution in [0.4, 0.5) is 0 Å². The Labute approximate surface area is 170 Å². The minimum Gasteiger partial charge on any atom is -0.493 e. The summed E-state index contributed by atoms with van der Waals surface area (Å²) in [5.41, 5.74) is 1.92.